The average Bonchev–Trinajstić information content (AvgIpc) is 3.05. The number of aromatic nitrogens is 1. The summed E-state index contributed by atoms with van der Waals surface area (Å²) in [6.07, 6.45) is 0.720. The molecule has 0 aliphatic carbocycles. The van der Waals surface area contributed by atoms with Crippen molar-refractivity contribution in [2.45, 2.75) is 19.5 Å². The fraction of sp³-hybridized carbons (Fsp3) is 0.211. The summed E-state index contributed by atoms with van der Waals surface area (Å²) in [5.41, 5.74) is 9.48. The first-order chi connectivity index (χ1) is 11.7. The first-order valence-electron chi connectivity index (χ1n) is 7.92. The van der Waals surface area contributed by atoms with Gasteiger partial charge in [0.1, 0.15) is 5.75 Å². The van der Waals surface area contributed by atoms with E-state index in [1.54, 1.807) is 18.4 Å². The monoisotopic (exact) mass is 339 g/mol. The van der Waals surface area contributed by atoms with Crippen molar-refractivity contribution in [1.82, 2.24) is 4.57 Å². The van der Waals surface area contributed by atoms with Gasteiger partial charge in [-0.2, -0.15) is 0 Å². The van der Waals surface area contributed by atoms with Crippen LogP contribution in [0.1, 0.15) is 19.5 Å². The zero-order valence-electron chi connectivity index (χ0n) is 13.8. The maximum atomic E-state index is 6.37. The number of thiazole rings is 1. The van der Waals surface area contributed by atoms with Crippen molar-refractivity contribution < 1.29 is 4.74 Å². The molecule has 4 nitrogen and oxygen atoms in total. The Morgan fingerprint density at radius 2 is 1.83 bits per heavy atom. The lowest BCUT2D eigenvalue weighted by Crippen LogP contribution is -2.27. The van der Waals surface area contributed by atoms with E-state index >= 15 is 0 Å². The highest BCUT2D eigenvalue weighted by Gasteiger charge is 2.13. The number of benzene rings is 2. The fourth-order valence-electron chi connectivity index (χ4n) is 2.49. The second-order valence-corrected chi connectivity index (χ2v) is 6.26. The highest BCUT2D eigenvalue weighted by Crippen LogP contribution is 2.25. The van der Waals surface area contributed by atoms with Gasteiger partial charge < -0.3 is 15.0 Å². The van der Waals surface area contributed by atoms with Crippen molar-refractivity contribution >= 4 is 17.0 Å². The van der Waals surface area contributed by atoms with Gasteiger partial charge in [0, 0.05) is 5.38 Å². The minimum atomic E-state index is -0.115. The Hall–Kier alpha value is -2.37. The summed E-state index contributed by atoms with van der Waals surface area (Å²) in [5, 5.41) is 2.11. The van der Waals surface area contributed by atoms with E-state index in [0.717, 1.165) is 33.9 Å². The minimum Gasteiger partial charge on any atom is -0.497 e. The molecule has 0 aliphatic heterocycles. The zero-order chi connectivity index (χ0) is 16.9. The lowest BCUT2D eigenvalue weighted by molar-refractivity contribution is 0.415. The average molecular weight is 339 g/mol. The first-order valence-corrected chi connectivity index (χ1v) is 8.80. The van der Waals surface area contributed by atoms with Crippen LogP contribution >= 0.6 is 11.3 Å². The number of hydrogen-bond donors (Lipinski definition) is 1. The van der Waals surface area contributed by atoms with Crippen LogP contribution in [-0.4, -0.2) is 11.7 Å². The predicted octanol–water partition coefficient (Wildman–Crippen LogP) is 4.32. The summed E-state index contributed by atoms with van der Waals surface area (Å²) in [7, 11) is 1.67. The van der Waals surface area contributed by atoms with Crippen molar-refractivity contribution in [3.05, 3.63) is 64.8 Å². The summed E-state index contributed by atoms with van der Waals surface area (Å²) in [6, 6.07) is 18.0. The molecule has 0 saturated heterocycles. The van der Waals surface area contributed by atoms with Gasteiger partial charge in [0.2, 0.25) is 0 Å². The molecule has 124 valence electrons. The molecule has 5 heteroatoms. The molecule has 0 amide bonds. The molecule has 2 aromatic carbocycles. The standard InChI is InChI=1S/C19H21N3OS/c1-3-18(20)22-17(14-9-11-16(23-2)12-10-14)13-24-19(22)21-15-7-5-4-6-8-15/h4-13,18H,3,20H2,1-2H3. The number of rotatable bonds is 5. The molecule has 0 fully saturated rings. The van der Waals surface area contributed by atoms with Gasteiger partial charge in [-0.15, -0.1) is 11.3 Å². The van der Waals surface area contributed by atoms with Crippen LogP contribution in [0.25, 0.3) is 11.3 Å². The molecule has 1 atom stereocenters. The molecular formula is C19H21N3OS. The lowest BCUT2D eigenvalue weighted by Gasteiger charge is -2.15. The van der Waals surface area contributed by atoms with Gasteiger partial charge in [0.05, 0.1) is 24.7 Å². The Labute approximate surface area is 145 Å². The topological polar surface area (TPSA) is 52.5 Å². The van der Waals surface area contributed by atoms with Crippen molar-refractivity contribution in [2.75, 3.05) is 7.11 Å². The molecule has 0 aliphatic rings. The van der Waals surface area contributed by atoms with E-state index < -0.39 is 0 Å². The largest absolute Gasteiger partial charge is 0.497 e. The molecule has 0 bridgehead atoms. The number of methoxy groups -OCH3 is 1. The molecule has 24 heavy (non-hydrogen) atoms. The smallest absolute Gasteiger partial charge is 0.191 e. The maximum absolute atomic E-state index is 6.37. The molecule has 0 radical (unpaired) electrons. The number of hydrogen-bond acceptors (Lipinski definition) is 4. The van der Waals surface area contributed by atoms with E-state index in [9.17, 15) is 0 Å². The fourth-order valence-corrected chi connectivity index (χ4v) is 3.46. The van der Waals surface area contributed by atoms with Crippen LogP contribution in [0.15, 0.2) is 65.0 Å². The van der Waals surface area contributed by atoms with Gasteiger partial charge in [0.15, 0.2) is 4.80 Å². The van der Waals surface area contributed by atoms with Gasteiger partial charge in [-0.3, -0.25) is 0 Å². The van der Waals surface area contributed by atoms with Crippen LogP contribution in [0.3, 0.4) is 0 Å². The Bertz CT molecular complexity index is 850. The Morgan fingerprint density at radius 3 is 2.46 bits per heavy atom. The molecule has 1 unspecified atom stereocenters. The van der Waals surface area contributed by atoms with Crippen LogP contribution in [0, 0.1) is 0 Å². The Kier molecular flexibility index (Phi) is 5.13. The molecule has 1 aromatic heterocycles. The third-order valence-corrected chi connectivity index (χ3v) is 4.70. The number of para-hydroxylation sites is 1. The van der Waals surface area contributed by atoms with Crippen LogP contribution < -0.4 is 15.3 Å². The van der Waals surface area contributed by atoms with Crippen molar-refractivity contribution in [3.63, 3.8) is 0 Å². The van der Waals surface area contributed by atoms with Crippen LogP contribution in [0.2, 0.25) is 0 Å². The van der Waals surface area contributed by atoms with Crippen molar-refractivity contribution in [1.29, 1.82) is 0 Å². The van der Waals surface area contributed by atoms with Gasteiger partial charge in [0.25, 0.3) is 0 Å². The van der Waals surface area contributed by atoms with E-state index in [1.165, 1.54) is 0 Å². The maximum Gasteiger partial charge on any atom is 0.191 e. The summed E-state index contributed by atoms with van der Waals surface area (Å²) in [6.45, 7) is 2.08. The number of nitrogens with zero attached hydrogens (tertiary/aromatic N) is 2. The quantitative estimate of drug-likeness (QED) is 0.752. The summed E-state index contributed by atoms with van der Waals surface area (Å²) < 4.78 is 7.35. The Balaban J connectivity index is 2.12. The second-order valence-electron chi connectivity index (χ2n) is 5.42. The number of ether oxygens (including phenoxy) is 1. The van der Waals surface area contributed by atoms with E-state index in [0.29, 0.717) is 0 Å². The van der Waals surface area contributed by atoms with Gasteiger partial charge in [-0.25, -0.2) is 4.99 Å². The highest BCUT2D eigenvalue weighted by molar-refractivity contribution is 7.07. The minimum absolute atomic E-state index is 0.115. The summed E-state index contributed by atoms with van der Waals surface area (Å²) in [4.78, 5) is 5.67. The predicted molar refractivity (Wildman–Crippen MR) is 99.5 cm³/mol. The van der Waals surface area contributed by atoms with Crippen LogP contribution in [0.5, 0.6) is 5.75 Å². The second kappa shape index (κ2) is 7.47. The molecule has 3 aromatic rings. The molecule has 0 saturated carbocycles. The van der Waals surface area contributed by atoms with Gasteiger partial charge in [-0.1, -0.05) is 25.1 Å². The molecule has 2 N–H and O–H groups in total. The normalized spacial score (nSPS) is 13.0. The summed E-state index contributed by atoms with van der Waals surface area (Å²) >= 11 is 1.60. The zero-order valence-corrected chi connectivity index (χ0v) is 14.7. The lowest BCUT2D eigenvalue weighted by atomic mass is 10.1. The third-order valence-electron chi connectivity index (χ3n) is 3.86. The highest BCUT2D eigenvalue weighted by atomic mass is 32.1. The van der Waals surface area contributed by atoms with E-state index in [2.05, 4.69) is 16.9 Å². The van der Waals surface area contributed by atoms with Crippen molar-refractivity contribution in [2.24, 2.45) is 10.7 Å². The van der Waals surface area contributed by atoms with E-state index in [4.69, 9.17) is 15.5 Å². The van der Waals surface area contributed by atoms with Gasteiger partial charge >= 0.3 is 0 Å². The van der Waals surface area contributed by atoms with E-state index in [-0.39, 0.29) is 6.17 Å². The molecule has 1 heterocycles. The van der Waals surface area contributed by atoms with Crippen molar-refractivity contribution in [3.8, 4) is 17.0 Å². The molecule has 3 rings (SSSR count). The van der Waals surface area contributed by atoms with Gasteiger partial charge in [-0.05, 0) is 48.4 Å². The first kappa shape index (κ1) is 16.5. The van der Waals surface area contributed by atoms with E-state index in [1.807, 2.05) is 54.6 Å². The number of nitrogens with two attached hydrogens (primary N) is 1. The van der Waals surface area contributed by atoms with Crippen LogP contribution in [0.4, 0.5) is 5.69 Å². The third kappa shape index (κ3) is 3.42. The SMILES string of the molecule is CCC(N)n1c(-c2ccc(OC)cc2)csc1=Nc1ccccc1. The Morgan fingerprint density at radius 1 is 1.12 bits per heavy atom. The van der Waals surface area contributed by atoms with Crippen LogP contribution in [-0.2, 0) is 0 Å². The molecule has 0 spiro atoms. The summed E-state index contributed by atoms with van der Waals surface area (Å²) in [5.74, 6) is 0.842. The molecular weight excluding hydrogens is 318 g/mol.